The molecule has 0 unspecified atom stereocenters. The van der Waals surface area contributed by atoms with E-state index in [2.05, 4.69) is 6.58 Å². The highest BCUT2D eigenvalue weighted by atomic mass is 16.4. The predicted molar refractivity (Wildman–Crippen MR) is 61.7 cm³/mol. The molecule has 2 heteroatoms. The molecule has 1 heterocycles. The summed E-state index contributed by atoms with van der Waals surface area (Å²) in [5.74, 6) is 0. The average Bonchev–Trinajstić information content (AvgIpc) is 2.26. The molecule has 0 saturated carbocycles. The van der Waals surface area contributed by atoms with Crippen LogP contribution in [0.3, 0.4) is 0 Å². The Balaban J connectivity index is 2.67. The number of fused-ring (bicyclic) bond motifs is 1. The molecule has 15 heavy (non-hydrogen) atoms. The van der Waals surface area contributed by atoms with Gasteiger partial charge in [-0.3, -0.25) is 0 Å². The van der Waals surface area contributed by atoms with Gasteiger partial charge in [-0.15, -0.1) is 0 Å². The number of hydrogen-bond donors (Lipinski definition) is 0. The van der Waals surface area contributed by atoms with Crippen LogP contribution in [0.4, 0.5) is 0 Å². The number of allylic oxidation sites excluding steroid dienone is 2. The van der Waals surface area contributed by atoms with Crippen LogP contribution in [0.5, 0.6) is 0 Å². The lowest BCUT2D eigenvalue weighted by atomic mass is 10.2. The minimum Gasteiger partial charge on any atom is -0.422 e. The highest BCUT2D eigenvalue weighted by Crippen LogP contribution is 2.13. The van der Waals surface area contributed by atoms with Crippen LogP contribution in [-0.2, 0) is 0 Å². The van der Waals surface area contributed by atoms with Crippen molar-refractivity contribution in [2.45, 2.75) is 0 Å². The van der Waals surface area contributed by atoms with E-state index in [1.807, 2.05) is 18.2 Å². The standard InChI is InChI=1S/C13H10O2/c1-2-3-6-11-9-10-7-4-5-8-12(10)15-13(11)14/h2-9H,1H2. The second-order valence-electron chi connectivity index (χ2n) is 3.12. The maximum Gasteiger partial charge on any atom is 0.343 e. The summed E-state index contributed by atoms with van der Waals surface area (Å²) in [6.45, 7) is 3.55. The van der Waals surface area contributed by atoms with Crippen molar-refractivity contribution in [2.24, 2.45) is 0 Å². The largest absolute Gasteiger partial charge is 0.422 e. The SMILES string of the molecule is C=CC=Cc1cc2ccccc2oc1=O. The van der Waals surface area contributed by atoms with Crippen LogP contribution in [0.15, 0.2) is 58.3 Å². The fraction of sp³-hybridized carbons (Fsp3) is 0. The summed E-state index contributed by atoms with van der Waals surface area (Å²) in [7, 11) is 0. The molecule has 0 radical (unpaired) electrons. The van der Waals surface area contributed by atoms with E-state index in [4.69, 9.17) is 4.42 Å². The van der Waals surface area contributed by atoms with Crippen LogP contribution in [0, 0.1) is 0 Å². The van der Waals surface area contributed by atoms with E-state index < -0.39 is 0 Å². The molecule has 2 rings (SSSR count). The smallest absolute Gasteiger partial charge is 0.343 e. The molecular formula is C13H10O2. The van der Waals surface area contributed by atoms with Gasteiger partial charge in [-0.25, -0.2) is 4.79 Å². The Labute approximate surface area is 87.2 Å². The quantitative estimate of drug-likeness (QED) is 0.548. The summed E-state index contributed by atoms with van der Waals surface area (Å²) >= 11 is 0. The van der Waals surface area contributed by atoms with Crippen LogP contribution in [0.25, 0.3) is 17.0 Å². The summed E-state index contributed by atoms with van der Waals surface area (Å²) in [5, 5.41) is 0.917. The zero-order valence-corrected chi connectivity index (χ0v) is 8.14. The van der Waals surface area contributed by atoms with Crippen LogP contribution in [0.1, 0.15) is 5.56 Å². The number of para-hydroxylation sites is 1. The molecule has 0 amide bonds. The minimum absolute atomic E-state index is 0.327. The molecule has 0 aliphatic rings. The van der Waals surface area contributed by atoms with E-state index in [0.717, 1.165) is 5.39 Å². The Morgan fingerprint density at radius 2 is 2.07 bits per heavy atom. The van der Waals surface area contributed by atoms with Gasteiger partial charge in [-0.1, -0.05) is 36.9 Å². The zero-order chi connectivity index (χ0) is 10.7. The highest BCUT2D eigenvalue weighted by Gasteiger charge is 2.00. The van der Waals surface area contributed by atoms with Crippen molar-refractivity contribution in [3.8, 4) is 0 Å². The monoisotopic (exact) mass is 198 g/mol. The molecule has 0 saturated heterocycles. The van der Waals surface area contributed by atoms with Gasteiger partial charge < -0.3 is 4.42 Å². The molecule has 1 aromatic carbocycles. The third kappa shape index (κ3) is 1.89. The second kappa shape index (κ2) is 3.96. The van der Waals surface area contributed by atoms with Crippen LogP contribution >= 0.6 is 0 Å². The fourth-order valence-electron chi connectivity index (χ4n) is 1.37. The van der Waals surface area contributed by atoms with Gasteiger partial charge in [-0.05, 0) is 18.2 Å². The van der Waals surface area contributed by atoms with Crippen molar-refractivity contribution < 1.29 is 4.42 Å². The van der Waals surface area contributed by atoms with Crippen molar-refractivity contribution in [3.05, 3.63) is 65.0 Å². The lowest BCUT2D eigenvalue weighted by Crippen LogP contribution is -2.01. The predicted octanol–water partition coefficient (Wildman–Crippen LogP) is 2.99. The first-order valence-corrected chi connectivity index (χ1v) is 4.63. The Bertz CT molecular complexity index is 576. The van der Waals surface area contributed by atoms with Gasteiger partial charge in [0, 0.05) is 5.39 Å². The Morgan fingerprint density at radius 3 is 2.87 bits per heavy atom. The third-order valence-electron chi connectivity index (χ3n) is 2.08. The molecule has 0 atom stereocenters. The van der Waals surface area contributed by atoms with E-state index in [0.29, 0.717) is 11.1 Å². The van der Waals surface area contributed by atoms with Crippen LogP contribution in [-0.4, -0.2) is 0 Å². The zero-order valence-electron chi connectivity index (χ0n) is 8.14. The molecule has 74 valence electrons. The first kappa shape index (κ1) is 9.46. The molecule has 2 aromatic rings. The summed E-state index contributed by atoms with van der Waals surface area (Å²) in [6, 6.07) is 9.23. The number of rotatable bonds is 2. The molecule has 2 nitrogen and oxygen atoms in total. The maximum absolute atomic E-state index is 11.5. The van der Waals surface area contributed by atoms with E-state index in [-0.39, 0.29) is 5.63 Å². The highest BCUT2D eigenvalue weighted by molar-refractivity contribution is 5.78. The second-order valence-corrected chi connectivity index (χ2v) is 3.12. The van der Waals surface area contributed by atoms with E-state index >= 15 is 0 Å². The van der Waals surface area contributed by atoms with Crippen LogP contribution in [0.2, 0.25) is 0 Å². The van der Waals surface area contributed by atoms with Gasteiger partial charge in [0.15, 0.2) is 0 Å². The molecule has 0 fully saturated rings. The van der Waals surface area contributed by atoms with Gasteiger partial charge in [0.05, 0.1) is 5.56 Å². The summed E-state index contributed by atoms with van der Waals surface area (Å²) in [6.07, 6.45) is 5.01. The van der Waals surface area contributed by atoms with E-state index in [1.54, 1.807) is 30.4 Å². The Hall–Kier alpha value is -2.09. The molecule has 1 aromatic heterocycles. The third-order valence-corrected chi connectivity index (χ3v) is 2.08. The Morgan fingerprint density at radius 1 is 1.27 bits per heavy atom. The lowest BCUT2D eigenvalue weighted by molar-refractivity contribution is 0.559. The van der Waals surface area contributed by atoms with E-state index in [1.165, 1.54) is 0 Å². The Kier molecular flexibility index (Phi) is 2.50. The number of hydrogen-bond acceptors (Lipinski definition) is 2. The lowest BCUT2D eigenvalue weighted by Gasteiger charge is -1.96. The van der Waals surface area contributed by atoms with Crippen molar-refractivity contribution >= 4 is 17.0 Å². The number of benzene rings is 1. The first-order valence-electron chi connectivity index (χ1n) is 4.63. The summed E-state index contributed by atoms with van der Waals surface area (Å²) < 4.78 is 5.15. The van der Waals surface area contributed by atoms with E-state index in [9.17, 15) is 4.79 Å². The summed E-state index contributed by atoms with van der Waals surface area (Å²) in [4.78, 5) is 11.5. The average molecular weight is 198 g/mol. The normalized spacial score (nSPS) is 10.9. The molecular weight excluding hydrogens is 188 g/mol. The van der Waals surface area contributed by atoms with Crippen molar-refractivity contribution in [3.63, 3.8) is 0 Å². The van der Waals surface area contributed by atoms with Crippen LogP contribution < -0.4 is 5.63 Å². The van der Waals surface area contributed by atoms with Crippen molar-refractivity contribution in [1.82, 2.24) is 0 Å². The van der Waals surface area contributed by atoms with Gasteiger partial charge in [-0.2, -0.15) is 0 Å². The first-order chi connectivity index (χ1) is 7.31. The topological polar surface area (TPSA) is 30.2 Å². The van der Waals surface area contributed by atoms with Crippen molar-refractivity contribution in [1.29, 1.82) is 0 Å². The van der Waals surface area contributed by atoms with Gasteiger partial charge in [0.25, 0.3) is 0 Å². The van der Waals surface area contributed by atoms with Gasteiger partial charge in [0.2, 0.25) is 0 Å². The summed E-state index contributed by atoms with van der Waals surface area (Å²) in [5.41, 5.74) is 0.818. The molecule has 0 aliphatic carbocycles. The molecule has 0 N–H and O–H groups in total. The molecule has 0 aliphatic heterocycles. The van der Waals surface area contributed by atoms with Crippen molar-refractivity contribution in [2.75, 3.05) is 0 Å². The van der Waals surface area contributed by atoms with Gasteiger partial charge in [0.1, 0.15) is 5.58 Å². The van der Waals surface area contributed by atoms with Gasteiger partial charge >= 0.3 is 5.63 Å². The minimum atomic E-state index is -0.327. The molecule has 0 bridgehead atoms. The fourth-order valence-corrected chi connectivity index (χ4v) is 1.37. The maximum atomic E-state index is 11.5. The molecule has 0 spiro atoms.